The van der Waals surface area contributed by atoms with Crippen LogP contribution >= 0.6 is 11.8 Å². The number of carboxylic acid groups (broad SMARTS) is 1. The van der Waals surface area contributed by atoms with Crippen molar-refractivity contribution in [1.82, 2.24) is 0 Å². The highest BCUT2D eigenvalue weighted by molar-refractivity contribution is 8.03. The van der Waals surface area contributed by atoms with Crippen molar-refractivity contribution < 1.29 is 27.8 Å². The molecule has 0 atom stereocenters. The zero-order chi connectivity index (χ0) is 17.0. The molecule has 0 aliphatic carbocycles. The Balaban J connectivity index is 2.64. The quantitative estimate of drug-likeness (QED) is 0.400. The Morgan fingerprint density at radius 2 is 1.70 bits per heavy atom. The lowest BCUT2D eigenvalue weighted by Gasteiger charge is -2.15. The molecule has 8 heteroatoms. The van der Waals surface area contributed by atoms with E-state index in [1.54, 1.807) is 6.07 Å². The number of nitrogens with zero attached hydrogens (tertiary/aromatic N) is 1. The smallest absolute Gasteiger partial charge is 0.423 e. The molecule has 0 fully saturated rings. The van der Waals surface area contributed by atoms with Gasteiger partial charge in [-0.3, -0.25) is 0 Å². The van der Waals surface area contributed by atoms with Gasteiger partial charge >= 0.3 is 12.1 Å². The highest BCUT2D eigenvalue weighted by atomic mass is 32.2. The van der Waals surface area contributed by atoms with Gasteiger partial charge in [-0.05, 0) is 23.4 Å². The fourth-order valence-electron chi connectivity index (χ4n) is 1.80. The second-order valence-electron chi connectivity index (χ2n) is 4.34. The first-order valence-electron chi connectivity index (χ1n) is 6.27. The minimum atomic E-state index is -4.92. The third-order valence-electron chi connectivity index (χ3n) is 2.76. The van der Waals surface area contributed by atoms with E-state index < -0.39 is 22.6 Å². The number of halogens is 3. The van der Waals surface area contributed by atoms with Gasteiger partial charge in [-0.1, -0.05) is 30.3 Å². The van der Waals surface area contributed by atoms with Gasteiger partial charge in [0.1, 0.15) is 4.91 Å². The number of aliphatic carboxylic acids is 1. The summed E-state index contributed by atoms with van der Waals surface area (Å²) in [6.45, 7) is 0. The summed E-state index contributed by atoms with van der Waals surface area (Å²) < 4.78 is 40.4. The molecular weight excluding hydrogens is 331 g/mol. The number of hydrogen-bond acceptors (Lipinski definition) is 3. The first-order chi connectivity index (χ1) is 10.8. The zero-order valence-corrected chi connectivity index (χ0v) is 12.3. The summed E-state index contributed by atoms with van der Waals surface area (Å²) in [4.78, 5) is 10.1. The van der Waals surface area contributed by atoms with Gasteiger partial charge in [0.25, 0.3) is 5.03 Å². The van der Waals surface area contributed by atoms with E-state index in [0.29, 0.717) is 0 Å². The van der Waals surface area contributed by atoms with Crippen LogP contribution in [0.15, 0.2) is 64.7 Å². The fourth-order valence-corrected chi connectivity index (χ4v) is 2.73. The number of rotatable bonds is 4. The molecule has 1 N–H and O–H groups in total. The second kappa shape index (κ2) is 6.74. The van der Waals surface area contributed by atoms with Gasteiger partial charge in [0.05, 0.1) is 5.57 Å². The number of allylic oxidation sites excluding steroid dienone is 1. The molecule has 1 heterocycles. The van der Waals surface area contributed by atoms with Crippen molar-refractivity contribution in [2.24, 2.45) is 0 Å². The number of thioether (sulfide) groups is 1. The molecule has 0 amide bonds. The summed E-state index contributed by atoms with van der Waals surface area (Å²) in [5.41, 5.74) is -0.986. The molecule has 0 saturated heterocycles. The molecule has 0 radical (unpaired) electrons. The number of benzene rings is 1. The summed E-state index contributed by atoms with van der Waals surface area (Å²) in [6.07, 6.45) is -3.88. The Labute approximate surface area is 133 Å². The van der Waals surface area contributed by atoms with Crippen LogP contribution in [0, 0.1) is 5.21 Å². The molecule has 0 aliphatic heterocycles. The summed E-state index contributed by atoms with van der Waals surface area (Å²) in [7, 11) is 0. The Bertz CT molecular complexity index is 745. The van der Waals surface area contributed by atoms with Gasteiger partial charge in [-0.2, -0.15) is 17.9 Å². The molecule has 2 aromatic rings. The number of alkyl halides is 3. The molecule has 4 nitrogen and oxygen atoms in total. The van der Waals surface area contributed by atoms with E-state index in [1.165, 1.54) is 42.5 Å². The monoisotopic (exact) mass is 341 g/mol. The van der Waals surface area contributed by atoms with Crippen LogP contribution in [0.5, 0.6) is 0 Å². The van der Waals surface area contributed by atoms with Crippen molar-refractivity contribution in [3.8, 4) is 0 Å². The van der Waals surface area contributed by atoms with Gasteiger partial charge in [-0.15, -0.1) is 0 Å². The SMILES string of the molecule is O=C(O)/C(=C(\Sc1cccc[n+]1[O-])C(F)(F)F)c1ccccc1. The first-order valence-corrected chi connectivity index (χ1v) is 7.08. The van der Waals surface area contributed by atoms with Crippen LogP contribution in [0.25, 0.3) is 5.57 Å². The van der Waals surface area contributed by atoms with Gasteiger partial charge in [-0.25, -0.2) is 4.79 Å². The number of carboxylic acids is 1. The lowest BCUT2D eigenvalue weighted by molar-refractivity contribution is -0.645. The van der Waals surface area contributed by atoms with Gasteiger partial charge < -0.3 is 10.3 Å². The topological polar surface area (TPSA) is 64.2 Å². The lowest BCUT2D eigenvalue weighted by Crippen LogP contribution is -2.28. The molecule has 0 bridgehead atoms. The third-order valence-corrected chi connectivity index (χ3v) is 3.92. The van der Waals surface area contributed by atoms with Crippen molar-refractivity contribution in [1.29, 1.82) is 0 Å². The Kier molecular flexibility index (Phi) is 4.95. The predicted molar refractivity (Wildman–Crippen MR) is 78.3 cm³/mol. The maximum absolute atomic E-state index is 13.4. The molecule has 120 valence electrons. The van der Waals surface area contributed by atoms with Crippen LogP contribution in [0.1, 0.15) is 5.56 Å². The van der Waals surface area contributed by atoms with Gasteiger partial charge in [0, 0.05) is 12.1 Å². The maximum atomic E-state index is 13.4. The highest BCUT2D eigenvalue weighted by Gasteiger charge is 2.41. The van der Waals surface area contributed by atoms with Crippen molar-refractivity contribution in [2.75, 3.05) is 0 Å². The number of hydrogen-bond donors (Lipinski definition) is 1. The normalized spacial score (nSPS) is 12.7. The van der Waals surface area contributed by atoms with Crippen LogP contribution < -0.4 is 4.73 Å². The number of aromatic nitrogens is 1. The van der Waals surface area contributed by atoms with Crippen LogP contribution in [0.4, 0.5) is 13.2 Å². The largest absolute Gasteiger partial charge is 0.618 e. The van der Waals surface area contributed by atoms with E-state index in [4.69, 9.17) is 0 Å². The van der Waals surface area contributed by atoms with Crippen molar-refractivity contribution in [2.45, 2.75) is 11.2 Å². The standard InChI is InChI=1S/C15H10F3NO3S/c16-15(17,18)13(23-11-8-4-5-9-19(11)22)12(14(20)21)10-6-2-1-3-7-10/h1-9H,(H,20,21)/b13-12-. The lowest BCUT2D eigenvalue weighted by atomic mass is 10.1. The fraction of sp³-hybridized carbons (Fsp3) is 0.0667. The average Bonchev–Trinajstić information content (AvgIpc) is 2.48. The average molecular weight is 341 g/mol. The first kappa shape index (κ1) is 16.9. The second-order valence-corrected chi connectivity index (χ2v) is 5.37. The summed E-state index contributed by atoms with van der Waals surface area (Å²) in [5, 5.41) is 20.6. The molecule has 1 aromatic carbocycles. The molecule has 0 saturated carbocycles. The summed E-state index contributed by atoms with van der Waals surface area (Å²) >= 11 is 0.0778. The van der Waals surface area contributed by atoms with E-state index in [-0.39, 0.29) is 27.1 Å². The minimum Gasteiger partial charge on any atom is -0.618 e. The van der Waals surface area contributed by atoms with E-state index >= 15 is 0 Å². The van der Waals surface area contributed by atoms with Crippen LogP contribution in [-0.2, 0) is 4.79 Å². The Morgan fingerprint density at radius 1 is 1.09 bits per heavy atom. The zero-order valence-electron chi connectivity index (χ0n) is 11.4. The van der Waals surface area contributed by atoms with Crippen molar-refractivity contribution in [3.05, 3.63) is 70.4 Å². The Hall–Kier alpha value is -2.48. The third kappa shape index (κ3) is 4.04. The summed E-state index contributed by atoms with van der Waals surface area (Å²) in [6, 6.07) is 10.9. The molecule has 0 unspecified atom stereocenters. The molecular formula is C15H10F3NO3S. The molecule has 0 spiro atoms. The molecule has 1 aromatic heterocycles. The van der Waals surface area contributed by atoms with E-state index in [0.717, 1.165) is 6.20 Å². The van der Waals surface area contributed by atoms with Crippen molar-refractivity contribution >= 4 is 23.3 Å². The van der Waals surface area contributed by atoms with Crippen LogP contribution in [0.3, 0.4) is 0 Å². The van der Waals surface area contributed by atoms with Crippen LogP contribution in [0.2, 0.25) is 0 Å². The molecule has 2 rings (SSSR count). The number of carbonyl (C=O) groups is 1. The highest BCUT2D eigenvalue weighted by Crippen LogP contribution is 2.42. The van der Waals surface area contributed by atoms with E-state index in [2.05, 4.69) is 0 Å². The molecule has 0 aliphatic rings. The molecule has 23 heavy (non-hydrogen) atoms. The van der Waals surface area contributed by atoms with Crippen molar-refractivity contribution in [3.63, 3.8) is 0 Å². The van der Waals surface area contributed by atoms with E-state index in [1.807, 2.05) is 0 Å². The summed E-state index contributed by atoms with van der Waals surface area (Å²) in [5.74, 6) is -1.72. The minimum absolute atomic E-state index is 0.0778. The van der Waals surface area contributed by atoms with Gasteiger partial charge in [0.15, 0.2) is 6.20 Å². The van der Waals surface area contributed by atoms with Gasteiger partial charge in [0.2, 0.25) is 0 Å². The van der Waals surface area contributed by atoms with E-state index in [9.17, 15) is 28.3 Å². The van der Waals surface area contributed by atoms with Crippen LogP contribution in [-0.4, -0.2) is 17.3 Å². The maximum Gasteiger partial charge on any atom is 0.423 e. The Morgan fingerprint density at radius 3 is 2.22 bits per heavy atom. The predicted octanol–water partition coefficient (Wildman–Crippen LogP) is 3.47. The number of pyridine rings is 1.